The van der Waals surface area contributed by atoms with Crippen molar-refractivity contribution in [3.63, 3.8) is 0 Å². The molecule has 0 aliphatic heterocycles. The molecule has 1 heterocycles. The summed E-state index contributed by atoms with van der Waals surface area (Å²) in [6.45, 7) is 0.435. The smallest absolute Gasteiger partial charge is 0.331 e. The first kappa shape index (κ1) is 13.6. The van der Waals surface area contributed by atoms with E-state index in [1.807, 2.05) is 36.5 Å². The summed E-state index contributed by atoms with van der Waals surface area (Å²) in [5.41, 5.74) is 1.95. The zero-order valence-corrected chi connectivity index (χ0v) is 10.8. The first-order valence-electron chi connectivity index (χ1n) is 6.06. The minimum Gasteiger partial charge on any atom is -0.447 e. The van der Waals surface area contributed by atoms with Crippen molar-refractivity contribution < 1.29 is 9.53 Å². The van der Waals surface area contributed by atoms with Crippen molar-refractivity contribution in [3.8, 4) is 6.07 Å². The summed E-state index contributed by atoms with van der Waals surface area (Å²) >= 11 is 0. The Labute approximate surface area is 116 Å². The van der Waals surface area contributed by atoms with E-state index >= 15 is 0 Å². The van der Waals surface area contributed by atoms with Crippen molar-refractivity contribution in [2.45, 2.75) is 6.54 Å². The molecule has 5 heteroatoms. The van der Waals surface area contributed by atoms with Crippen LogP contribution in [0.25, 0.3) is 6.08 Å². The summed E-state index contributed by atoms with van der Waals surface area (Å²) in [5.74, 6) is -0.539. The molecule has 0 bridgehead atoms. The van der Waals surface area contributed by atoms with E-state index in [-0.39, 0.29) is 6.61 Å². The van der Waals surface area contributed by atoms with Crippen molar-refractivity contribution in [1.82, 2.24) is 9.78 Å². The van der Waals surface area contributed by atoms with Crippen LogP contribution in [0.1, 0.15) is 11.1 Å². The van der Waals surface area contributed by atoms with E-state index in [1.165, 1.54) is 6.08 Å². The van der Waals surface area contributed by atoms with E-state index in [1.54, 1.807) is 23.0 Å². The van der Waals surface area contributed by atoms with Crippen molar-refractivity contribution >= 4 is 12.0 Å². The Morgan fingerprint density at radius 3 is 2.95 bits per heavy atom. The molecule has 0 spiro atoms. The van der Waals surface area contributed by atoms with E-state index in [9.17, 15) is 4.79 Å². The standard InChI is InChI=1S/C15H13N3O2/c16-8-9-20-15(19)7-6-14-10-17-18(12-14)11-13-4-2-1-3-5-13/h1-7,10,12H,9,11H2/b7-6+. The molecule has 0 atom stereocenters. The van der Waals surface area contributed by atoms with Gasteiger partial charge in [0.05, 0.1) is 12.7 Å². The molecule has 100 valence electrons. The van der Waals surface area contributed by atoms with E-state index < -0.39 is 5.97 Å². The maximum atomic E-state index is 11.2. The van der Waals surface area contributed by atoms with Crippen LogP contribution in [-0.4, -0.2) is 22.4 Å². The molecule has 2 aromatic rings. The Bertz CT molecular complexity index is 639. The van der Waals surface area contributed by atoms with Crippen LogP contribution in [0.3, 0.4) is 0 Å². The fraction of sp³-hybridized carbons (Fsp3) is 0.133. The Kier molecular flexibility index (Phi) is 4.68. The van der Waals surface area contributed by atoms with Crippen molar-refractivity contribution in [2.24, 2.45) is 0 Å². The molecule has 0 N–H and O–H groups in total. The molecule has 0 saturated carbocycles. The van der Waals surface area contributed by atoms with Gasteiger partial charge in [-0.25, -0.2) is 4.79 Å². The number of carbonyl (C=O) groups is 1. The second kappa shape index (κ2) is 6.90. The number of nitrogens with zero attached hydrogens (tertiary/aromatic N) is 3. The van der Waals surface area contributed by atoms with Gasteiger partial charge in [-0.1, -0.05) is 30.3 Å². The van der Waals surface area contributed by atoms with E-state index in [0.717, 1.165) is 11.1 Å². The first-order valence-corrected chi connectivity index (χ1v) is 6.06. The number of nitriles is 1. The van der Waals surface area contributed by atoms with Gasteiger partial charge in [0.15, 0.2) is 6.61 Å². The number of ether oxygens (including phenoxy) is 1. The predicted octanol–water partition coefficient (Wildman–Crippen LogP) is 2.01. The molecule has 0 fully saturated rings. The van der Waals surface area contributed by atoms with Crippen LogP contribution in [0, 0.1) is 11.3 Å². The minimum absolute atomic E-state index is 0.240. The predicted molar refractivity (Wildman–Crippen MR) is 73.4 cm³/mol. The normalized spacial score (nSPS) is 10.3. The van der Waals surface area contributed by atoms with E-state index in [0.29, 0.717) is 6.54 Å². The molecule has 0 amide bonds. The molecule has 0 radical (unpaired) electrons. The van der Waals surface area contributed by atoms with Crippen LogP contribution in [0.15, 0.2) is 48.8 Å². The largest absolute Gasteiger partial charge is 0.447 e. The topological polar surface area (TPSA) is 67.9 Å². The highest BCUT2D eigenvalue weighted by molar-refractivity contribution is 5.86. The number of aromatic nitrogens is 2. The zero-order chi connectivity index (χ0) is 14.2. The van der Waals surface area contributed by atoms with E-state index in [4.69, 9.17) is 5.26 Å². The average Bonchev–Trinajstić information content (AvgIpc) is 2.91. The van der Waals surface area contributed by atoms with Gasteiger partial charge < -0.3 is 4.74 Å². The second-order valence-corrected chi connectivity index (χ2v) is 4.06. The molecule has 20 heavy (non-hydrogen) atoms. The first-order chi connectivity index (χ1) is 9.78. The van der Waals surface area contributed by atoms with Crippen molar-refractivity contribution in [2.75, 3.05) is 6.61 Å². The maximum Gasteiger partial charge on any atom is 0.331 e. The lowest BCUT2D eigenvalue weighted by atomic mass is 10.2. The number of benzene rings is 1. The SMILES string of the molecule is N#CCOC(=O)/C=C/c1cnn(Cc2ccccc2)c1. The fourth-order valence-corrected chi connectivity index (χ4v) is 1.64. The maximum absolute atomic E-state index is 11.2. The Balaban J connectivity index is 1.94. The highest BCUT2D eigenvalue weighted by Crippen LogP contribution is 2.05. The molecule has 2 rings (SSSR count). The fourth-order valence-electron chi connectivity index (χ4n) is 1.64. The third-order valence-electron chi connectivity index (χ3n) is 2.53. The second-order valence-electron chi connectivity index (χ2n) is 4.06. The third-order valence-corrected chi connectivity index (χ3v) is 2.53. The number of esters is 1. The number of hydrogen-bond donors (Lipinski definition) is 0. The van der Waals surface area contributed by atoms with Crippen LogP contribution in [0.2, 0.25) is 0 Å². The summed E-state index contributed by atoms with van der Waals surface area (Å²) in [5, 5.41) is 12.5. The van der Waals surface area contributed by atoms with Gasteiger partial charge in [0.25, 0.3) is 0 Å². The lowest BCUT2D eigenvalue weighted by Crippen LogP contribution is -2.00. The summed E-state index contributed by atoms with van der Waals surface area (Å²) in [6, 6.07) is 11.7. The van der Waals surface area contributed by atoms with Crippen LogP contribution in [0.4, 0.5) is 0 Å². The van der Waals surface area contributed by atoms with Crippen molar-refractivity contribution in [3.05, 3.63) is 59.9 Å². The monoisotopic (exact) mass is 267 g/mol. The van der Waals surface area contributed by atoms with Gasteiger partial charge in [-0.3, -0.25) is 4.68 Å². The number of carbonyl (C=O) groups excluding carboxylic acids is 1. The molecule has 0 aliphatic carbocycles. The molecule has 1 aromatic heterocycles. The summed E-state index contributed by atoms with van der Waals surface area (Å²) in [6.07, 6.45) is 6.38. The minimum atomic E-state index is -0.539. The van der Waals surface area contributed by atoms with Crippen LogP contribution < -0.4 is 0 Å². The lowest BCUT2D eigenvalue weighted by molar-refractivity contribution is -0.136. The Morgan fingerprint density at radius 1 is 1.40 bits per heavy atom. The quantitative estimate of drug-likeness (QED) is 0.614. The molecule has 0 unspecified atom stereocenters. The highest BCUT2D eigenvalue weighted by atomic mass is 16.5. The van der Waals surface area contributed by atoms with Gasteiger partial charge in [0.1, 0.15) is 6.07 Å². The average molecular weight is 267 g/mol. The molecule has 0 saturated heterocycles. The van der Waals surface area contributed by atoms with Gasteiger partial charge in [0, 0.05) is 17.8 Å². The molecule has 0 aliphatic rings. The van der Waals surface area contributed by atoms with Crippen LogP contribution >= 0.6 is 0 Å². The molecular weight excluding hydrogens is 254 g/mol. The Morgan fingerprint density at radius 2 is 2.20 bits per heavy atom. The number of rotatable bonds is 5. The Hall–Kier alpha value is -2.87. The highest BCUT2D eigenvalue weighted by Gasteiger charge is 1.99. The summed E-state index contributed by atoms with van der Waals surface area (Å²) in [7, 11) is 0. The van der Waals surface area contributed by atoms with Gasteiger partial charge in [-0.15, -0.1) is 0 Å². The van der Waals surface area contributed by atoms with Crippen molar-refractivity contribution in [1.29, 1.82) is 5.26 Å². The van der Waals surface area contributed by atoms with Gasteiger partial charge in [-0.2, -0.15) is 10.4 Å². The van der Waals surface area contributed by atoms with Gasteiger partial charge >= 0.3 is 5.97 Å². The van der Waals surface area contributed by atoms with Gasteiger partial charge in [-0.05, 0) is 11.6 Å². The summed E-state index contributed by atoms with van der Waals surface area (Å²) < 4.78 is 6.39. The lowest BCUT2D eigenvalue weighted by Gasteiger charge is -2.00. The molecule has 5 nitrogen and oxygen atoms in total. The number of hydrogen-bond acceptors (Lipinski definition) is 4. The van der Waals surface area contributed by atoms with Crippen LogP contribution in [0.5, 0.6) is 0 Å². The van der Waals surface area contributed by atoms with Crippen LogP contribution in [-0.2, 0) is 16.1 Å². The summed E-state index contributed by atoms with van der Waals surface area (Å²) in [4.78, 5) is 11.2. The molecule has 1 aromatic carbocycles. The van der Waals surface area contributed by atoms with Gasteiger partial charge in [0.2, 0.25) is 0 Å². The third kappa shape index (κ3) is 4.10. The molecular formula is C15H13N3O2. The van der Waals surface area contributed by atoms with E-state index in [2.05, 4.69) is 9.84 Å². The zero-order valence-electron chi connectivity index (χ0n) is 10.8.